The van der Waals surface area contributed by atoms with E-state index < -0.39 is 0 Å². The highest BCUT2D eigenvalue weighted by Gasteiger charge is 2.23. The van der Waals surface area contributed by atoms with Gasteiger partial charge < -0.3 is 14.4 Å². The highest BCUT2D eigenvalue weighted by Crippen LogP contribution is 2.40. The number of carbonyl (C=O) groups is 1. The molecule has 1 N–H and O–H groups in total. The van der Waals surface area contributed by atoms with Crippen LogP contribution >= 0.6 is 22.7 Å². The number of quaternary nitrogens is 1. The van der Waals surface area contributed by atoms with E-state index in [4.69, 9.17) is 14.5 Å². The van der Waals surface area contributed by atoms with Gasteiger partial charge in [-0.25, -0.2) is 4.98 Å². The standard InChI is InChI=1S/C18H19N3O3S2/c1-20(2)6-4-7-21(17(22)15-5-3-8-25-15)18-19-12-9-13-14(24-11-23-13)10-16(12)26-18/h3,5,8-10H,4,6-7,11H2,1-2H3/p+1. The van der Waals surface area contributed by atoms with Crippen molar-refractivity contribution in [2.75, 3.05) is 38.9 Å². The quantitative estimate of drug-likeness (QED) is 0.702. The van der Waals surface area contributed by atoms with Gasteiger partial charge in [0.05, 0.1) is 35.7 Å². The average molecular weight is 391 g/mol. The zero-order valence-corrected chi connectivity index (χ0v) is 16.3. The molecule has 2 aromatic heterocycles. The molecule has 1 aromatic carbocycles. The number of nitrogens with one attached hydrogen (secondary N) is 1. The van der Waals surface area contributed by atoms with Crippen molar-refractivity contribution in [2.45, 2.75) is 6.42 Å². The van der Waals surface area contributed by atoms with Gasteiger partial charge in [-0.3, -0.25) is 9.69 Å². The number of benzene rings is 1. The maximum atomic E-state index is 13.0. The Morgan fingerprint density at radius 3 is 2.85 bits per heavy atom. The first kappa shape index (κ1) is 17.3. The summed E-state index contributed by atoms with van der Waals surface area (Å²) in [7, 11) is 4.23. The molecule has 4 rings (SSSR count). The SMILES string of the molecule is C[NH+](C)CCCN(C(=O)c1cccs1)c1nc2cc3c(cc2s1)OCO3. The highest BCUT2D eigenvalue weighted by molar-refractivity contribution is 7.22. The Bertz CT molecular complexity index is 880. The number of thiazole rings is 1. The lowest BCUT2D eigenvalue weighted by Gasteiger charge is -2.19. The maximum Gasteiger partial charge on any atom is 0.270 e. The van der Waals surface area contributed by atoms with Crippen molar-refractivity contribution in [1.82, 2.24) is 4.98 Å². The van der Waals surface area contributed by atoms with Gasteiger partial charge >= 0.3 is 0 Å². The predicted molar refractivity (Wildman–Crippen MR) is 104 cm³/mol. The number of aromatic nitrogens is 1. The minimum atomic E-state index is 0.00727. The van der Waals surface area contributed by atoms with Gasteiger partial charge in [0.2, 0.25) is 6.79 Å². The second-order valence-corrected chi connectivity index (χ2v) is 8.37. The van der Waals surface area contributed by atoms with Crippen LogP contribution in [0.3, 0.4) is 0 Å². The van der Waals surface area contributed by atoms with Crippen molar-refractivity contribution in [3.63, 3.8) is 0 Å². The third kappa shape index (κ3) is 3.40. The third-order valence-corrected chi connectivity index (χ3v) is 6.04. The minimum Gasteiger partial charge on any atom is -0.454 e. The van der Waals surface area contributed by atoms with E-state index >= 15 is 0 Å². The number of fused-ring (bicyclic) bond motifs is 2. The van der Waals surface area contributed by atoms with Gasteiger partial charge in [0, 0.05) is 25.1 Å². The summed E-state index contributed by atoms with van der Waals surface area (Å²) >= 11 is 2.97. The Morgan fingerprint density at radius 1 is 1.31 bits per heavy atom. The molecule has 1 amide bonds. The lowest BCUT2D eigenvalue weighted by molar-refractivity contribution is -0.858. The first-order chi connectivity index (χ1) is 12.6. The zero-order valence-electron chi connectivity index (χ0n) is 14.7. The topological polar surface area (TPSA) is 56.1 Å². The van der Waals surface area contributed by atoms with Crippen LogP contribution in [0.2, 0.25) is 0 Å². The molecular formula is C18H20N3O3S2+. The van der Waals surface area contributed by atoms with Gasteiger partial charge in [-0.2, -0.15) is 0 Å². The summed E-state index contributed by atoms with van der Waals surface area (Å²) in [5.74, 6) is 1.45. The molecule has 3 aromatic rings. The van der Waals surface area contributed by atoms with Gasteiger partial charge in [-0.1, -0.05) is 17.4 Å². The van der Waals surface area contributed by atoms with Crippen molar-refractivity contribution in [3.8, 4) is 11.5 Å². The molecule has 3 heterocycles. The average Bonchev–Trinajstić information content (AvgIpc) is 3.35. The number of carbonyl (C=O) groups excluding carboxylic acids is 1. The summed E-state index contributed by atoms with van der Waals surface area (Å²) in [5, 5.41) is 2.64. The van der Waals surface area contributed by atoms with E-state index in [0.717, 1.165) is 38.9 Å². The molecule has 136 valence electrons. The van der Waals surface area contributed by atoms with E-state index in [0.29, 0.717) is 12.3 Å². The van der Waals surface area contributed by atoms with Crippen LogP contribution in [-0.2, 0) is 0 Å². The Kier molecular flexibility index (Phi) is 4.80. The fraction of sp³-hybridized carbons (Fsp3) is 0.333. The maximum absolute atomic E-state index is 13.0. The molecule has 0 spiro atoms. The van der Waals surface area contributed by atoms with Crippen LogP contribution in [0, 0.1) is 0 Å². The summed E-state index contributed by atoms with van der Waals surface area (Å²) in [4.78, 5) is 21.6. The normalized spacial score (nSPS) is 12.9. The van der Waals surface area contributed by atoms with Crippen LogP contribution in [0.5, 0.6) is 11.5 Å². The van der Waals surface area contributed by atoms with Crippen molar-refractivity contribution in [1.29, 1.82) is 0 Å². The van der Waals surface area contributed by atoms with E-state index in [-0.39, 0.29) is 12.7 Å². The molecule has 0 aliphatic carbocycles. The summed E-state index contributed by atoms with van der Waals surface area (Å²) in [6.07, 6.45) is 0.915. The van der Waals surface area contributed by atoms with Gasteiger partial charge in [0.25, 0.3) is 5.91 Å². The molecular weight excluding hydrogens is 370 g/mol. The molecule has 8 heteroatoms. The van der Waals surface area contributed by atoms with Gasteiger partial charge in [-0.15, -0.1) is 11.3 Å². The molecule has 6 nitrogen and oxygen atoms in total. The Labute approximate surface area is 159 Å². The fourth-order valence-electron chi connectivity index (χ4n) is 2.83. The Hall–Kier alpha value is -2.16. The number of amides is 1. The van der Waals surface area contributed by atoms with Crippen LogP contribution in [0.1, 0.15) is 16.1 Å². The number of hydrogen-bond acceptors (Lipinski definition) is 6. The molecule has 0 bridgehead atoms. The van der Waals surface area contributed by atoms with E-state index in [1.807, 2.05) is 29.6 Å². The molecule has 0 saturated carbocycles. The molecule has 0 saturated heterocycles. The number of hydrogen-bond donors (Lipinski definition) is 1. The van der Waals surface area contributed by atoms with E-state index in [9.17, 15) is 4.79 Å². The number of rotatable bonds is 6. The Balaban J connectivity index is 1.66. The molecule has 1 aliphatic heterocycles. The molecule has 0 fully saturated rings. The largest absolute Gasteiger partial charge is 0.454 e. The number of ether oxygens (including phenoxy) is 2. The molecule has 0 unspecified atom stereocenters. The lowest BCUT2D eigenvalue weighted by atomic mass is 10.3. The minimum absolute atomic E-state index is 0.00727. The monoisotopic (exact) mass is 390 g/mol. The highest BCUT2D eigenvalue weighted by atomic mass is 32.1. The summed E-state index contributed by atoms with van der Waals surface area (Å²) in [6, 6.07) is 7.59. The second-order valence-electron chi connectivity index (χ2n) is 6.41. The number of nitrogens with zero attached hydrogens (tertiary/aromatic N) is 2. The van der Waals surface area contributed by atoms with Crippen molar-refractivity contribution in [2.24, 2.45) is 0 Å². The van der Waals surface area contributed by atoms with Gasteiger partial charge in [-0.05, 0) is 11.4 Å². The first-order valence-electron chi connectivity index (χ1n) is 8.46. The van der Waals surface area contributed by atoms with Gasteiger partial charge in [0.1, 0.15) is 0 Å². The van der Waals surface area contributed by atoms with Gasteiger partial charge in [0.15, 0.2) is 16.6 Å². The number of thiophene rings is 1. The molecule has 26 heavy (non-hydrogen) atoms. The third-order valence-electron chi connectivity index (χ3n) is 4.14. The Morgan fingerprint density at radius 2 is 2.12 bits per heavy atom. The van der Waals surface area contributed by atoms with Crippen molar-refractivity contribution in [3.05, 3.63) is 34.5 Å². The smallest absolute Gasteiger partial charge is 0.270 e. The fourth-order valence-corrected chi connectivity index (χ4v) is 4.50. The summed E-state index contributed by atoms with van der Waals surface area (Å²) < 4.78 is 11.9. The zero-order chi connectivity index (χ0) is 18.1. The molecule has 0 atom stereocenters. The van der Waals surface area contributed by atoms with Crippen LogP contribution in [0.4, 0.5) is 5.13 Å². The van der Waals surface area contributed by atoms with Crippen LogP contribution in [0.15, 0.2) is 29.6 Å². The van der Waals surface area contributed by atoms with E-state index in [1.54, 1.807) is 4.90 Å². The van der Waals surface area contributed by atoms with E-state index in [2.05, 4.69) is 14.1 Å². The van der Waals surface area contributed by atoms with Crippen molar-refractivity contribution < 1.29 is 19.2 Å². The van der Waals surface area contributed by atoms with Crippen LogP contribution in [-0.4, -0.2) is 44.9 Å². The second kappa shape index (κ2) is 7.22. The summed E-state index contributed by atoms with van der Waals surface area (Å²) in [6.45, 7) is 1.89. The van der Waals surface area contributed by atoms with Crippen LogP contribution in [0.25, 0.3) is 10.2 Å². The lowest BCUT2D eigenvalue weighted by Crippen LogP contribution is -3.05. The van der Waals surface area contributed by atoms with E-state index in [1.165, 1.54) is 27.6 Å². The first-order valence-corrected chi connectivity index (χ1v) is 10.2. The van der Waals surface area contributed by atoms with Crippen molar-refractivity contribution >= 4 is 43.9 Å². The number of anilines is 1. The molecule has 1 aliphatic rings. The summed E-state index contributed by atoms with van der Waals surface area (Å²) in [5.41, 5.74) is 0.830. The van der Waals surface area contributed by atoms with Crippen LogP contribution < -0.4 is 19.3 Å². The predicted octanol–water partition coefficient (Wildman–Crippen LogP) is 2.27. The molecule has 0 radical (unpaired) electrons.